The molecule has 2 aromatic heterocycles. The molecule has 21 heavy (non-hydrogen) atoms. The summed E-state index contributed by atoms with van der Waals surface area (Å²) in [5.41, 5.74) is 2.33. The average molecular weight is 347 g/mol. The molecule has 7 heteroatoms. The largest absolute Gasteiger partial charge is 0.493 e. The number of aromatic amines is 2. The molecule has 6 nitrogen and oxygen atoms in total. The summed E-state index contributed by atoms with van der Waals surface area (Å²) < 4.78 is 0.756. The Kier molecular flexibility index (Phi) is 3.34. The van der Waals surface area contributed by atoms with Gasteiger partial charge < -0.3 is 15.1 Å². The number of nitrogens with zero attached hydrogens (tertiary/aromatic N) is 2. The average Bonchev–Trinajstić information content (AvgIpc) is 3.01. The van der Waals surface area contributed by atoms with Crippen molar-refractivity contribution in [3.8, 4) is 5.88 Å². The first-order valence-electron chi connectivity index (χ1n) is 6.16. The van der Waals surface area contributed by atoms with Crippen molar-refractivity contribution < 1.29 is 9.90 Å². The lowest BCUT2D eigenvalue weighted by atomic mass is 10.1. The molecular weight excluding hydrogens is 336 g/mol. The van der Waals surface area contributed by atoms with Crippen molar-refractivity contribution in [2.24, 2.45) is 10.2 Å². The normalized spacial score (nSPS) is 11.5. The van der Waals surface area contributed by atoms with Crippen LogP contribution in [0.5, 0.6) is 5.88 Å². The number of fused-ring (bicyclic) bond motifs is 1. The number of aromatic hydroxyl groups is 1. The van der Waals surface area contributed by atoms with E-state index in [1.165, 1.54) is 0 Å². The van der Waals surface area contributed by atoms with Crippen LogP contribution >= 0.6 is 15.9 Å². The van der Waals surface area contributed by atoms with Crippen molar-refractivity contribution in [1.82, 2.24) is 9.97 Å². The quantitative estimate of drug-likeness (QED) is 0.606. The van der Waals surface area contributed by atoms with Gasteiger partial charge in [-0.3, -0.25) is 4.79 Å². The Bertz CT molecular complexity index is 863. The third kappa shape index (κ3) is 2.47. The van der Waals surface area contributed by atoms with Gasteiger partial charge >= 0.3 is 5.91 Å². The van der Waals surface area contributed by atoms with Crippen LogP contribution in [0, 0.1) is 6.92 Å². The van der Waals surface area contributed by atoms with Gasteiger partial charge in [0.2, 0.25) is 5.88 Å². The minimum Gasteiger partial charge on any atom is -0.493 e. The Morgan fingerprint density at radius 1 is 1.38 bits per heavy atom. The van der Waals surface area contributed by atoms with Gasteiger partial charge in [-0.05, 0) is 34.5 Å². The number of halogens is 1. The van der Waals surface area contributed by atoms with Gasteiger partial charge in [-0.1, -0.05) is 18.2 Å². The molecule has 0 atom stereocenters. The van der Waals surface area contributed by atoms with Crippen LogP contribution in [0.3, 0.4) is 0 Å². The summed E-state index contributed by atoms with van der Waals surface area (Å²) in [5, 5.41) is 18.2. The fraction of sp³-hybridized carbons (Fsp3) is 0.0714. The zero-order valence-corrected chi connectivity index (χ0v) is 12.6. The SMILES string of the molecule is Cc1cccc2c(N=NC(=O)c3cc(Br)c[nH]3)c(O)[nH]c12. The Morgan fingerprint density at radius 2 is 2.19 bits per heavy atom. The van der Waals surface area contributed by atoms with Crippen LogP contribution in [0.4, 0.5) is 5.69 Å². The summed E-state index contributed by atoms with van der Waals surface area (Å²) in [4.78, 5) is 17.5. The number of hydrogen-bond acceptors (Lipinski definition) is 3. The number of para-hydroxylation sites is 1. The fourth-order valence-electron chi connectivity index (χ4n) is 2.08. The molecule has 0 radical (unpaired) electrons. The van der Waals surface area contributed by atoms with Crippen LogP contribution in [0.15, 0.2) is 45.2 Å². The summed E-state index contributed by atoms with van der Waals surface area (Å²) in [6.45, 7) is 1.92. The van der Waals surface area contributed by atoms with Gasteiger partial charge in [0.25, 0.3) is 0 Å². The zero-order chi connectivity index (χ0) is 15.0. The summed E-state index contributed by atoms with van der Waals surface area (Å²) in [5.74, 6) is -0.620. The van der Waals surface area contributed by atoms with E-state index >= 15 is 0 Å². The first kappa shape index (κ1) is 13.6. The van der Waals surface area contributed by atoms with Gasteiger partial charge in [-0.25, -0.2) is 0 Å². The van der Waals surface area contributed by atoms with E-state index in [-0.39, 0.29) is 11.6 Å². The second-order valence-corrected chi connectivity index (χ2v) is 5.47. The van der Waals surface area contributed by atoms with Crippen LogP contribution in [0.25, 0.3) is 10.9 Å². The standard InChI is InChI=1S/C14H11BrN4O2/c1-7-3-2-4-9-11(7)17-14(21)12(9)18-19-13(20)10-5-8(15)6-16-10/h2-6,16-17,21H,1H3. The van der Waals surface area contributed by atoms with E-state index < -0.39 is 5.91 Å². The molecule has 0 bridgehead atoms. The van der Waals surface area contributed by atoms with Crippen molar-refractivity contribution in [3.63, 3.8) is 0 Å². The van der Waals surface area contributed by atoms with Crippen LogP contribution < -0.4 is 0 Å². The molecule has 1 aromatic carbocycles. The van der Waals surface area contributed by atoms with Gasteiger partial charge in [0.1, 0.15) is 5.69 Å². The highest BCUT2D eigenvalue weighted by Gasteiger charge is 2.13. The number of azo groups is 1. The van der Waals surface area contributed by atoms with E-state index in [0.717, 1.165) is 20.9 Å². The smallest absolute Gasteiger partial charge is 0.311 e. The summed E-state index contributed by atoms with van der Waals surface area (Å²) in [6, 6.07) is 7.19. The Balaban J connectivity index is 1.98. The molecule has 3 rings (SSSR count). The summed E-state index contributed by atoms with van der Waals surface area (Å²) >= 11 is 3.24. The zero-order valence-electron chi connectivity index (χ0n) is 11.0. The van der Waals surface area contributed by atoms with Crippen LogP contribution in [0.2, 0.25) is 0 Å². The molecule has 0 saturated carbocycles. The number of carbonyl (C=O) groups is 1. The number of H-pyrrole nitrogens is 2. The predicted octanol–water partition coefficient (Wildman–Crippen LogP) is 4.20. The number of aryl methyl sites for hydroxylation is 1. The van der Waals surface area contributed by atoms with Crippen molar-refractivity contribution in [1.29, 1.82) is 0 Å². The predicted molar refractivity (Wildman–Crippen MR) is 82.0 cm³/mol. The first-order valence-corrected chi connectivity index (χ1v) is 6.96. The van der Waals surface area contributed by atoms with Crippen molar-refractivity contribution in [2.45, 2.75) is 6.92 Å². The molecule has 0 spiro atoms. The highest BCUT2D eigenvalue weighted by atomic mass is 79.9. The number of amides is 1. The topological polar surface area (TPSA) is 93.6 Å². The molecule has 2 heterocycles. The van der Waals surface area contributed by atoms with E-state index in [2.05, 4.69) is 36.1 Å². The molecule has 0 aliphatic rings. The summed E-state index contributed by atoms with van der Waals surface area (Å²) in [6.07, 6.45) is 1.63. The minimum absolute atomic E-state index is 0.108. The van der Waals surface area contributed by atoms with E-state index in [0.29, 0.717) is 5.69 Å². The lowest BCUT2D eigenvalue weighted by molar-refractivity contribution is 0.0991. The minimum atomic E-state index is -0.512. The molecule has 0 unspecified atom stereocenters. The maximum Gasteiger partial charge on any atom is 0.311 e. The Hall–Kier alpha value is -2.41. The Labute approximate surface area is 128 Å². The fourth-order valence-corrected chi connectivity index (χ4v) is 2.42. The number of hydrogen-bond donors (Lipinski definition) is 3. The summed E-state index contributed by atoms with van der Waals surface area (Å²) in [7, 11) is 0. The van der Waals surface area contributed by atoms with Gasteiger partial charge in [-0.15, -0.1) is 10.2 Å². The van der Waals surface area contributed by atoms with E-state index in [1.807, 2.05) is 25.1 Å². The molecule has 0 fully saturated rings. The molecule has 0 saturated heterocycles. The van der Waals surface area contributed by atoms with E-state index in [9.17, 15) is 9.90 Å². The van der Waals surface area contributed by atoms with E-state index in [1.54, 1.807) is 12.3 Å². The second-order valence-electron chi connectivity index (χ2n) is 4.56. The molecule has 3 N–H and O–H groups in total. The maximum atomic E-state index is 11.9. The lowest BCUT2D eigenvalue weighted by Gasteiger charge is -1.94. The molecular formula is C14H11BrN4O2. The second kappa shape index (κ2) is 5.17. The maximum absolute atomic E-state index is 11.9. The number of nitrogens with one attached hydrogen (secondary N) is 2. The van der Waals surface area contributed by atoms with Crippen molar-refractivity contribution in [3.05, 3.63) is 46.2 Å². The number of rotatable bonds is 2. The van der Waals surface area contributed by atoms with Gasteiger partial charge in [-0.2, -0.15) is 0 Å². The van der Waals surface area contributed by atoms with Crippen molar-refractivity contribution >= 4 is 38.4 Å². The molecule has 0 aliphatic carbocycles. The third-order valence-corrected chi connectivity index (χ3v) is 3.57. The van der Waals surface area contributed by atoms with Gasteiger partial charge in [0, 0.05) is 16.1 Å². The molecule has 106 valence electrons. The highest BCUT2D eigenvalue weighted by Crippen LogP contribution is 2.36. The lowest BCUT2D eigenvalue weighted by Crippen LogP contribution is -1.92. The Morgan fingerprint density at radius 3 is 2.90 bits per heavy atom. The molecule has 1 amide bonds. The van der Waals surface area contributed by atoms with Gasteiger partial charge in [0.05, 0.1) is 5.52 Å². The van der Waals surface area contributed by atoms with Gasteiger partial charge in [0.15, 0.2) is 5.69 Å². The van der Waals surface area contributed by atoms with Crippen LogP contribution in [-0.4, -0.2) is 21.0 Å². The molecule has 3 aromatic rings. The third-order valence-electron chi connectivity index (χ3n) is 3.11. The van der Waals surface area contributed by atoms with Crippen LogP contribution in [0.1, 0.15) is 16.1 Å². The van der Waals surface area contributed by atoms with Crippen molar-refractivity contribution in [2.75, 3.05) is 0 Å². The number of aromatic nitrogens is 2. The molecule has 0 aliphatic heterocycles. The number of carbonyl (C=O) groups excluding carboxylic acids is 1. The number of benzene rings is 1. The highest BCUT2D eigenvalue weighted by molar-refractivity contribution is 9.10. The van der Waals surface area contributed by atoms with E-state index in [4.69, 9.17) is 0 Å². The van der Waals surface area contributed by atoms with Crippen LogP contribution in [-0.2, 0) is 0 Å². The first-order chi connectivity index (χ1) is 10.1. The monoisotopic (exact) mass is 346 g/mol.